The van der Waals surface area contributed by atoms with Crippen LogP contribution in [-0.2, 0) is 4.79 Å². The summed E-state index contributed by atoms with van der Waals surface area (Å²) in [6.45, 7) is 0.280. The van der Waals surface area contributed by atoms with Gasteiger partial charge >= 0.3 is 0 Å². The molecule has 0 spiro atoms. The summed E-state index contributed by atoms with van der Waals surface area (Å²) in [5.74, 6) is 1.53. The van der Waals surface area contributed by atoms with Gasteiger partial charge in [-0.3, -0.25) is 4.79 Å². The van der Waals surface area contributed by atoms with Crippen molar-refractivity contribution < 1.29 is 19.0 Å². The van der Waals surface area contributed by atoms with Gasteiger partial charge in [0, 0.05) is 29.9 Å². The third-order valence-electron chi connectivity index (χ3n) is 3.92. The molecule has 0 aliphatic heterocycles. The number of methoxy groups -OCH3 is 3. The molecule has 0 aromatic heterocycles. The zero-order valence-electron chi connectivity index (χ0n) is 15.6. The largest absolute Gasteiger partial charge is 0.497 e. The van der Waals surface area contributed by atoms with Crippen LogP contribution < -0.4 is 19.1 Å². The lowest BCUT2D eigenvalue weighted by atomic mass is 10.1. The van der Waals surface area contributed by atoms with Crippen LogP contribution in [-0.4, -0.2) is 33.8 Å². The molecule has 0 N–H and O–H groups in total. The molecule has 2 aromatic carbocycles. The lowest BCUT2D eigenvalue weighted by Crippen LogP contribution is -2.30. The molecule has 6 heteroatoms. The van der Waals surface area contributed by atoms with E-state index in [4.69, 9.17) is 19.5 Å². The Hall–Kier alpha value is -3.46. The Labute approximate surface area is 159 Å². The van der Waals surface area contributed by atoms with Crippen molar-refractivity contribution in [1.29, 1.82) is 5.26 Å². The first-order valence-electron chi connectivity index (χ1n) is 8.36. The van der Waals surface area contributed by atoms with Crippen LogP contribution in [0.2, 0.25) is 0 Å². The van der Waals surface area contributed by atoms with E-state index in [9.17, 15) is 4.79 Å². The molecule has 0 heterocycles. The predicted octanol–water partition coefficient (Wildman–Crippen LogP) is 3.67. The van der Waals surface area contributed by atoms with E-state index in [1.165, 1.54) is 11.0 Å². The van der Waals surface area contributed by atoms with Crippen LogP contribution in [0.5, 0.6) is 17.2 Å². The molecular formula is C21H22N2O4. The van der Waals surface area contributed by atoms with Crippen molar-refractivity contribution in [2.24, 2.45) is 0 Å². The summed E-state index contributed by atoms with van der Waals surface area (Å²) in [4.78, 5) is 14.3. The summed E-state index contributed by atoms with van der Waals surface area (Å²) < 4.78 is 15.9. The Morgan fingerprint density at radius 2 is 1.89 bits per heavy atom. The molecule has 0 fully saturated rings. The van der Waals surface area contributed by atoms with Crippen LogP contribution >= 0.6 is 0 Å². The number of anilines is 1. The lowest BCUT2D eigenvalue weighted by Gasteiger charge is -2.20. The van der Waals surface area contributed by atoms with Gasteiger partial charge in [-0.25, -0.2) is 0 Å². The van der Waals surface area contributed by atoms with E-state index in [2.05, 4.69) is 6.07 Å². The smallest absolute Gasteiger partial charge is 0.251 e. The lowest BCUT2D eigenvalue weighted by molar-refractivity contribution is -0.114. The van der Waals surface area contributed by atoms with Crippen molar-refractivity contribution in [3.8, 4) is 23.3 Å². The van der Waals surface area contributed by atoms with Crippen LogP contribution in [0.1, 0.15) is 12.0 Å². The molecule has 0 aliphatic rings. The van der Waals surface area contributed by atoms with Gasteiger partial charge < -0.3 is 19.1 Å². The Bertz CT molecular complexity index is 856. The van der Waals surface area contributed by atoms with Crippen LogP contribution in [0.25, 0.3) is 6.08 Å². The molecular weight excluding hydrogens is 344 g/mol. The normalized spacial score (nSPS) is 10.3. The number of para-hydroxylation sites is 1. The molecule has 27 heavy (non-hydrogen) atoms. The molecule has 0 bridgehead atoms. The number of amides is 1. The number of carbonyl (C=O) groups is 1. The molecule has 0 aliphatic carbocycles. The van der Waals surface area contributed by atoms with Crippen molar-refractivity contribution in [1.82, 2.24) is 0 Å². The summed E-state index contributed by atoms with van der Waals surface area (Å²) in [6, 6.07) is 14.7. The van der Waals surface area contributed by atoms with Gasteiger partial charge in [0.1, 0.15) is 5.75 Å². The number of rotatable bonds is 8. The summed E-state index contributed by atoms with van der Waals surface area (Å²) >= 11 is 0. The number of nitrogens with zero attached hydrogens (tertiary/aromatic N) is 2. The zero-order valence-corrected chi connectivity index (χ0v) is 15.6. The van der Waals surface area contributed by atoms with E-state index in [1.807, 2.05) is 12.1 Å². The third-order valence-corrected chi connectivity index (χ3v) is 3.92. The van der Waals surface area contributed by atoms with E-state index >= 15 is 0 Å². The maximum atomic E-state index is 12.8. The minimum absolute atomic E-state index is 0.221. The number of ether oxygens (including phenoxy) is 3. The first-order valence-corrected chi connectivity index (χ1v) is 8.36. The SMILES string of the molecule is COc1cccc(N(CCC#N)C(=O)/C=C/c2cccc(OC)c2OC)c1. The molecule has 0 atom stereocenters. The molecule has 2 rings (SSSR count). The number of hydrogen-bond donors (Lipinski definition) is 0. The van der Waals surface area contributed by atoms with Crippen molar-refractivity contribution in [3.63, 3.8) is 0 Å². The predicted molar refractivity (Wildman–Crippen MR) is 104 cm³/mol. The number of nitriles is 1. The number of carbonyl (C=O) groups excluding carboxylic acids is 1. The maximum Gasteiger partial charge on any atom is 0.251 e. The second kappa shape index (κ2) is 9.88. The summed E-state index contributed by atoms with van der Waals surface area (Å²) in [6.07, 6.45) is 3.34. The topological polar surface area (TPSA) is 71.8 Å². The fourth-order valence-corrected chi connectivity index (χ4v) is 2.60. The first-order chi connectivity index (χ1) is 13.1. The van der Waals surface area contributed by atoms with E-state index in [1.54, 1.807) is 57.7 Å². The fraction of sp³-hybridized carbons (Fsp3) is 0.238. The monoisotopic (exact) mass is 366 g/mol. The van der Waals surface area contributed by atoms with E-state index in [0.717, 1.165) is 5.56 Å². The average molecular weight is 366 g/mol. The van der Waals surface area contributed by atoms with Gasteiger partial charge in [-0.15, -0.1) is 0 Å². The Kier molecular flexibility index (Phi) is 7.26. The van der Waals surface area contributed by atoms with Crippen LogP contribution in [0.4, 0.5) is 5.69 Å². The van der Waals surface area contributed by atoms with Gasteiger partial charge in [-0.05, 0) is 24.3 Å². The Balaban J connectivity index is 2.31. The highest BCUT2D eigenvalue weighted by atomic mass is 16.5. The van der Waals surface area contributed by atoms with Crippen molar-refractivity contribution in [2.45, 2.75) is 6.42 Å². The minimum atomic E-state index is -0.247. The van der Waals surface area contributed by atoms with Crippen LogP contribution in [0, 0.1) is 11.3 Å². The standard InChI is InChI=1S/C21H22N2O4/c1-25-18-9-5-8-17(15-18)23(14-6-13-22)20(24)12-11-16-7-4-10-19(26-2)21(16)27-3/h4-5,7-12,15H,6,14H2,1-3H3/b12-11+. The molecule has 1 amide bonds. The summed E-state index contributed by atoms with van der Waals surface area (Å²) in [7, 11) is 4.67. The van der Waals surface area contributed by atoms with Crippen LogP contribution in [0.15, 0.2) is 48.5 Å². The molecule has 0 unspecified atom stereocenters. The molecule has 0 saturated carbocycles. The maximum absolute atomic E-state index is 12.8. The van der Waals surface area contributed by atoms with Crippen LogP contribution in [0.3, 0.4) is 0 Å². The number of benzene rings is 2. The van der Waals surface area contributed by atoms with Gasteiger partial charge in [0.05, 0.1) is 33.8 Å². The molecule has 6 nitrogen and oxygen atoms in total. The van der Waals surface area contributed by atoms with Gasteiger partial charge in [-0.2, -0.15) is 5.26 Å². The van der Waals surface area contributed by atoms with Gasteiger partial charge in [0.25, 0.3) is 5.91 Å². The third kappa shape index (κ3) is 5.02. The molecule has 140 valence electrons. The van der Waals surface area contributed by atoms with E-state index in [-0.39, 0.29) is 18.9 Å². The average Bonchev–Trinajstić information content (AvgIpc) is 2.72. The minimum Gasteiger partial charge on any atom is -0.497 e. The highest BCUT2D eigenvalue weighted by Gasteiger charge is 2.14. The van der Waals surface area contributed by atoms with Crippen molar-refractivity contribution in [2.75, 3.05) is 32.8 Å². The van der Waals surface area contributed by atoms with E-state index in [0.29, 0.717) is 22.9 Å². The molecule has 0 saturated heterocycles. The van der Waals surface area contributed by atoms with Gasteiger partial charge in [-0.1, -0.05) is 18.2 Å². The molecule has 2 aromatic rings. The van der Waals surface area contributed by atoms with Gasteiger partial charge in [0.2, 0.25) is 0 Å². The second-order valence-corrected chi connectivity index (χ2v) is 5.52. The fourth-order valence-electron chi connectivity index (χ4n) is 2.60. The highest BCUT2D eigenvalue weighted by molar-refractivity contribution is 6.04. The summed E-state index contributed by atoms with van der Waals surface area (Å²) in [5, 5.41) is 8.92. The Morgan fingerprint density at radius 1 is 1.11 bits per heavy atom. The van der Waals surface area contributed by atoms with E-state index < -0.39 is 0 Å². The van der Waals surface area contributed by atoms with Gasteiger partial charge in [0.15, 0.2) is 11.5 Å². The van der Waals surface area contributed by atoms with Crippen molar-refractivity contribution in [3.05, 3.63) is 54.1 Å². The first kappa shape index (κ1) is 19.9. The van der Waals surface area contributed by atoms with Crippen molar-refractivity contribution >= 4 is 17.7 Å². The quantitative estimate of drug-likeness (QED) is 0.667. The Morgan fingerprint density at radius 3 is 2.56 bits per heavy atom. The molecule has 0 radical (unpaired) electrons. The zero-order chi connectivity index (χ0) is 19.6. The summed E-state index contributed by atoms with van der Waals surface area (Å²) in [5.41, 5.74) is 1.38. The number of hydrogen-bond acceptors (Lipinski definition) is 5. The second-order valence-electron chi connectivity index (χ2n) is 5.52. The highest BCUT2D eigenvalue weighted by Crippen LogP contribution is 2.31.